The summed E-state index contributed by atoms with van der Waals surface area (Å²) in [7, 11) is 0. The lowest BCUT2D eigenvalue weighted by Gasteiger charge is -2.22. The summed E-state index contributed by atoms with van der Waals surface area (Å²) < 4.78 is 39.1. The number of rotatable bonds is 5. The van der Waals surface area contributed by atoms with Gasteiger partial charge in [-0.25, -0.2) is 5.10 Å². The van der Waals surface area contributed by atoms with Crippen molar-refractivity contribution in [2.24, 2.45) is 0 Å². The first-order valence-corrected chi connectivity index (χ1v) is 8.88. The van der Waals surface area contributed by atoms with E-state index in [-0.39, 0.29) is 17.4 Å². The number of H-pyrrole nitrogens is 1. The molecule has 0 bridgehead atoms. The van der Waals surface area contributed by atoms with Crippen LogP contribution in [0.3, 0.4) is 0 Å². The van der Waals surface area contributed by atoms with Gasteiger partial charge in [0.2, 0.25) is 17.0 Å². The van der Waals surface area contributed by atoms with E-state index in [2.05, 4.69) is 20.5 Å². The quantitative estimate of drug-likeness (QED) is 0.684. The zero-order valence-corrected chi connectivity index (χ0v) is 14.5. The predicted octanol–water partition coefficient (Wildman–Crippen LogP) is 2.74. The molecule has 0 saturated carbocycles. The van der Waals surface area contributed by atoms with Gasteiger partial charge in [-0.15, -0.1) is 5.10 Å². The van der Waals surface area contributed by atoms with Crippen LogP contribution in [0.1, 0.15) is 18.4 Å². The zero-order chi connectivity index (χ0) is 18.7. The fraction of sp³-hybridized carbons (Fsp3) is 0.400. The van der Waals surface area contributed by atoms with Crippen molar-refractivity contribution >= 4 is 35.0 Å². The van der Waals surface area contributed by atoms with Crippen LogP contribution >= 0.6 is 11.8 Å². The molecule has 1 aromatic carbocycles. The van der Waals surface area contributed by atoms with Crippen LogP contribution in [0.4, 0.5) is 30.5 Å². The highest BCUT2D eigenvalue weighted by Crippen LogP contribution is 2.36. The SMILES string of the molecule is Nc1nc(SCC(=O)Nc2cc(C(F)(F)F)ccc2N2CCCC2)n[nH]1. The molecule has 140 valence electrons. The lowest BCUT2D eigenvalue weighted by Crippen LogP contribution is -2.22. The van der Waals surface area contributed by atoms with Gasteiger partial charge in [0.15, 0.2) is 0 Å². The van der Waals surface area contributed by atoms with E-state index in [9.17, 15) is 18.0 Å². The van der Waals surface area contributed by atoms with Crippen LogP contribution in [-0.4, -0.2) is 39.9 Å². The molecule has 1 amide bonds. The maximum absolute atomic E-state index is 13.0. The number of alkyl halides is 3. The standard InChI is InChI=1S/C15H17F3N6OS/c16-15(17,18)9-3-4-11(24-5-1-2-6-24)10(7-9)20-12(25)8-26-14-21-13(19)22-23-14/h3-4,7H,1-2,5-6,8H2,(H,20,25)(H3,19,21,22,23). The van der Waals surface area contributed by atoms with E-state index in [0.717, 1.165) is 49.8 Å². The number of halogens is 3. The molecule has 1 aromatic heterocycles. The maximum Gasteiger partial charge on any atom is 0.416 e. The second-order valence-corrected chi connectivity index (χ2v) is 6.71. The Morgan fingerprint density at radius 1 is 1.35 bits per heavy atom. The number of carbonyl (C=O) groups excluding carboxylic acids is 1. The molecule has 1 fully saturated rings. The highest BCUT2D eigenvalue weighted by Gasteiger charge is 2.32. The third-order valence-corrected chi connectivity index (χ3v) is 4.71. The molecule has 4 N–H and O–H groups in total. The van der Waals surface area contributed by atoms with Crippen molar-refractivity contribution in [3.8, 4) is 0 Å². The second-order valence-electron chi connectivity index (χ2n) is 5.76. The number of hydrogen-bond donors (Lipinski definition) is 3. The van der Waals surface area contributed by atoms with Gasteiger partial charge < -0.3 is 16.0 Å². The summed E-state index contributed by atoms with van der Waals surface area (Å²) in [6.07, 6.45) is -2.54. The lowest BCUT2D eigenvalue weighted by atomic mass is 10.1. The van der Waals surface area contributed by atoms with Gasteiger partial charge in [-0.1, -0.05) is 11.8 Å². The Morgan fingerprint density at radius 3 is 2.69 bits per heavy atom. The van der Waals surface area contributed by atoms with Gasteiger partial charge in [0, 0.05) is 13.1 Å². The minimum atomic E-state index is -4.48. The van der Waals surface area contributed by atoms with Gasteiger partial charge in [-0.05, 0) is 31.0 Å². The normalized spacial score (nSPS) is 14.7. The molecule has 3 rings (SSSR count). The van der Waals surface area contributed by atoms with Crippen LogP contribution in [0, 0.1) is 0 Å². The first kappa shape index (κ1) is 18.4. The van der Waals surface area contributed by atoms with E-state index >= 15 is 0 Å². The molecular weight excluding hydrogens is 369 g/mol. The molecule has 1 saturated heterocycles. The van der Waals surface area contributed by atoms with Gasteiger partial charge in [-0.2, -0.15) is 18.2 Å². The van der Waals surface area contributed by atoms with E-state index in [0.29, 0.717) is 10.8 Å². The van der Waals surface area contributed by atoms with E-state index in [4.69, 9.17) is 5.73 Å². The van der Waals surface area contributed by atoms with Crippen molar-refractivity contribution in [2.45, 2.75) is 24.2 Å². The topological polar surface area (TPSA) is 99.9 Å². The summed E-state index contributed by atoms with van der Waals surface area (Å²) >= 11 is 1.04. The van der Waals surface area contributed by atoms with Crippen molar-refractivity contribution in [2.75, 3.05) is 34.8 Å². The fourth-order valence-corrected chi connectivity index (χ4v) is 3.29. The molecule has 7 nitrogen and oxygen atoms in total. The van der Waals surface area contributed by atoms with Crippen LogP contribution in [0.2, 0.25) is 0 Å². The number of anilines is 3. The summed E-state index contributed by atoms with van der Waals surface area (Å²) in [6.45, 7) is 1.50. The van der Waals surface area contributed by atoms with E-state index in [1.165, 1.54) is 6.07 Å². The molecule has 1 aliphatic rings. The number of nitrogens with zero attached hydrogens (tertiary/aromatic N) is 3. The number of aromatic amines is 1. The van der Waals surface area contributed by atoms with Crippen LogP contribution < -0.4 is 16.0 Å². The number of thioether (sulfide) groups is 1. The molecule has 0 aliphatic carbocycles. The summed E-state index contributed by atoms with van der Waals surface area (Å²) in [6, 6.07) is 3.42. The van der Waals surface area contributed by atoms with Gasteiger partial charge in [0.25, 0.3) is 0 Å². The molecular formula is C15H17F3N6OS. The van der Waals surface area contributed by atoms with E-state index in [1.54, 1.807) is 0 Å². The van der Waals surface area contributed by atoms with Crippen molar-refractivity contribution in [3.63, 3.8) is 0 Å². The van der Waals surface area contributed by atoms with Gasteiger partial charge >= 0.3 is 6.18 Å². The zero-order valence-electron chi connectivity index (χ0n) is 13.6. The summed E-state index contributed by atoms with van der Waals surface area (Å²) in [5.74, 6) is -0.368. The highest BCUT2D eigenvalue weighted by atomic mass is 32.2. The lowest BCUT2D eigenvalue weighted by molar-refractivity contribution is -0.137. The third-order valence-electron chi connectivity index (χ3n) is 3.86. The van der Waals surface area contributed by atoms with Crippen LogP contribution in [0.25, 0.3) is 0 Å². The minimum absolute atomic E-state index is 0.0486. The van der Waals surface area contributed by atoms with Crippen molar-refractivity contribution < 1.29 is 18.0 Å². The number of amides is 1. The Bertz CT molecular complexity index is 788. The largest absolute Gasteiger partial charge is 0.416 e. The second kappa shape index (κ2) is 7.44. The van der Waals surface area contributed by atoms with Crippen molar-refractivity contribution in [1.29, 1.82) is 0 Å². The Balaban J connectivity index is 1.75. The highest BCUT2D eigenvalue weighted by molar-refractivity contribution is 7.99. The first-order chi connectivity index (χ1) is 12.3. The number of benzene rings is 1. The average molecular weight is 386 g/mol. The molecule has 0 spiro atoms. The Hall–Kier alpha value is -2.43. The van der Waals surface area contributed by atoms with Gasteiger partial charge in [-0.3, -0.25) is 4.79 Å². The average Bonchev–Trinajstić information content (AvgIpc) is 3.24. The van der Waals surface area contributed by atoms with E-state index < -0.39 is 17.6 Å². The number of carbonyl (C=O) groups is 1. The van der Waals surface area contributed by atoms with E-state index in [1.807, 2.05) is 4.90 Å². The van der Waals surface area contributed by atoms with Crippen molar-refractivity contribution in [3.05, 3.63) is 23.8 Å². The van der Waals surface area contributed by atoms with Crippen LogP contribution in [0.15, 0.2) is 23.4 Å². The maximum atomic E-state index is 13.0. The predicted molar refractivity (Wildman–Crippen MR) is 93.0 cm³/mol. The molecule has 0 unspecified atom stereocenters. The summed E-state index contributed by atoms with van der Waals surface area (Å²) in [4.78, 5) is 18.0. The van der Waals surface area contributed by atoms with Gasteiger partial charge in [0.05, 0.1) is 22.7 Å². The third kappa shape index (κ3) is 4.40. The van der Waals surface area contributed by atoms with Gasteiger partial charge in [0.1, 0.15) is 0 Å². The Kier molecular flexibility index (Phi) is 5.25. The Labute approximate surface area is 151 Å². The number of aromatic nitrogens is 3. The van der Waals surface area contributed by atoms with Crippen LogP contribution in [0.5, 0.6) is 0 Å². The minimum Gasteiger partial charge on any atom is -0.370 e. The molecule has 2 aromatic rings. The summed E-state index contributed by atoms with van der Waals surface area (Å²) in [5.41, 5.74) is 5.35. The monoisotopic (exact) mass is 386 g/mol. The molecule has 2 heterocycles. The smallest absolute Gasteiger partial charge is 0.370 e. The molecule has 0 radical (unpaired) electrons. The molecule has 26 heavy (non-hydrogen) atoms. The van der Waals surface area contributed by atoms with Crippen LogP contribution in [-0.2, 0) is 11.0 Å². The molecule has 11 heteroatoms. The number of hydrogen-bond acceptors (Lipinski definition) is 6. The van der Waals surface area contributed by atoms with Crippen molar-refractivity contribution in [1.82, 2.24) is 15.2 Å². The Morgan fingerprint density at radius 2 is 2.08 bits per heavy atom. The molecule has 1 aliphatic heterocycles. The summed E-state index contributed by atoms with van der Waals surface area (Å²) in [5, 5.41) is 9.10. The fourth-order valence-electron chi connectivity index (χ4n) is 2.69. The number of nitrogen functional groups attached to an aromatic ring is 1. The number of nitrogens with two attached hydrogens (primary N) is 1. The number of nitrogens with one attached hydrogen (secondary N) is 2. The molecule has 0 atom stereocenters. The first-order valence-electron chi connectivity index (χ1n) is 7.89.